The monoisotopic (exact) mass is 400 g/mol. The molecule has 0 spiro atoms. The van der Waals surface area contributed by atoms with Crippen LogP contribution in [0.3, 0.4) is 0 Å². The standard InChI is InChI=1S/C24H24N4O2/c1-28-16-19(15-27-28)22-10-7-17(13-25-22)14-26-24(29)12-9-21-20-6-4-3-5-18(20)8-11-23(21)30-2/h3-8,10-11,13,15-16H,9,12,14H2,1-2H3,(H,26,29). The average Bonchev–Trinajstić information content (AvgIpc) is 3.22. The zero-order chi connectivity index (χ0) is 20.9. The number of ether oxygens (including phenoxy) is 1. The predicted molar refractivity (Wildman–Crippen MR) is 117 cm³/mol. The number of hydrogen-bond donors (Lipinski definition) is 1. The van der Waals surface area contributed by atoms with E-state index in [0.29, 0.717) is 19.4 Å². The smallest absolute Gasteiger partial charge is 0.220 e. The Balaban J connectivity index is 1.36. The van der Waals surface area contributed by atoms with Gasteiger partial charge >= 0.3 is 0 Å². The molecule has 0 aliphatic carbocycles. The average molecular weight is 400 g/mol. The van der Waals surface area contributed by atoms with Gasteiger partial charge in [-0.25, -0.2) is 0 Å². The molecule has 30 heavy (non-hydrogen) atoms. The summed E-state index contributed by atoms with van der Waals surface area (Å²) < 4.78 is 7.26. The zero-order valence-corrected chi connectivity index (χ0v) is 17.1. The Bertz CT molecular complexity index is 1170. The van der Waals surface area contributed by atoms with Crippen molar-refractivity contribution in [3.63, 3.8) is 0 Å². The van der Waals surface area contributed by atoms with Gasteiger partial charge in [0.2, 0.25) is 5.91 Å². The second-order valence-electron chi connectivity index (χ2n) is 7.20. The number of rotatable bonds is 7. The first kappa shape index (κ1) is 19.6. The predicted octanol–water partition coefficient (Wildman–Crippen LogP) is 3.89. The third kappa shape index (κ3) is 4.33. The molecule has 0 saturated carbocycles. The third-order valence-electron chi connectivity index (χ3n) is 5.13. The summed E-state index contributed by atoms with van der Waals surface area (Å²) in [5.41, 5.74) is 3.85. The molecule has 0 atom stereocenters. The number of nitrogens with zero attached hydrogens (tertiary/aromatic N) is 3. The number of hydrogen-bond acceptors (Lipinski definition) is 4. The highest BCUT2D eigenvalue weighted by atomic mass is 16.5. The molecule has 0 aliphatic heterocycles. The third-order valence-corrected chi connectivity index (χ3v) is 5.13. The topological polar surface area (TPSA) is 69.0 Å². The van der Waals surface area contributed by atoms with E-state index in [-0.39, 0.29) is 5.91 Å². The fraction of sp³-hybridized carbons (Fsp3) is 0.208. The highest BCUT2D eigenvalue weighted by Crippen LogP contribution is 2.29. The van der Waals surface area contributed by atoms with Crippen molar-refractivity contribution in [1.29, 1.82) is 0 Å². The first-order chi connectivity index (χ1) is 14.6. The van der Waals surface area contributed by atoms with Crippen LogP contribution in [0.5, 0.6) is 5.75 Å². The van der Waals surface area contributed by atoms with E-state index in [1.807, 2.05) is 49.6 Å². The zero-order valence-electron chi connectivity index (χ0n) is 17.1. The second-order valence-corrected chi connectivity index (χ2v) is 7.20. The van der Waals surface area contributed by atoms with Crippen molar-refractivity contribution >= 4 is 16.7 Å². The Morgan fingerprint density at radius 3 is 2.70 bits per heavy atom. The van der Waals surface area contributed by atoms with Crippen LogP contribution in [-0.4, -0.2) is 27.8 Å². The molecule has 0 unspecified atom stereocenters. The lowest BCUT2D eigenvalue weighted by Gasteiger charge is -2.12. The van der Waals surface area contributed by atoms with Crippen LogP contribution in [0.4, 0.5) is 0 Å². The Labute approximate surface area is 175 Å². The van der Waals surface area contributed by atoms with Crippen molar-refractivity contribution in [3.05, 3.63) is 78.2 Å². The second kappa shape index (κ2) is 8.78. The summed E-state index contributed by atoms with van der Waals surface area (Å²) >= 11 is 0. The molecule has 152 valence electrons. The van der Waals surface area contributed by atoms with Gasteiger partial charge in [0.05, 0.1) is 19.0 Å². The normalized spacial score (nSPS) is 10.9. The minimum Gasteiger partial charge on any atom is -0.496 e. The van der Waals surface area contributed by atoms with E-state index in [9.17, 15) is 4.79 Å². The maximum absolute atomic E-state index is 12.4. The minimum absolute atomic E-state index is 0.00123. The van der Waals surface area contributed by atoms with Gasteiger partial charge in [-0.1, -0.05) is 36.4 Å². The van der Waals surface area contributed by atoms with Gasteiger partial charge in [0.25, 0.3) is 0 Å². The van der Waals surface area contributed by atoms with Crippen LogP contribution in [0.1, 0.15) is 17.5 Å². The molecular weight excluding hydrogens is 376 g/mol. The number of benzene rings is 2. The Kier molecular flexibility index (Phi) is 5.75. The molecule has 0 saturated heterocycles. The van der Waals surface area contributed by atoms with Crippen LogP contribution >= 0.6 is 0 Å². The van der Waals surface area contributed by atoms with E-state index in [0.717, 1.165) is 38.9 Å². The lowest BCUT2D eigenvalue weighted by atomic mass is 9.99. The Morgan fingerprint density at radius 2 is 1.97 bits per heavy atom. The summed E-state index contributed by atoms with van der Waals surface area (Å²) in [6.45, 7) is 0.450. The number of aryl methyl sites for hydroxylation is 2. The van der Waals surface area contributed by atoms with Gasteiger partial charge in [-0.05, 0) is 34.9 Å². The molecule has 0 bridgehead atoms. The van der Waals surface area contributed by atoms with Crippen LogP contribution in [0, 0.1) is 0 Å². The van der Waals surface area contributed by atoms with E-state index < -0.39 is 0 Å². The summed E-state index contributed by atoms with van der Waals surface area (Å²) in [6.07, 6.45) is 6.51. The van der Waals surface area contributed by atoms with Gasteiger partial charge in [0.15, 0.2) is 0 Å². The number of carbonyl (C=O) groups is 1. The summed E-state index contributed by atoms with van der Waals surface area (Å²) in [4.78, 5) is 16.9. The largest absolute Gasteiger partial charge is 0.496 e. The molecule has 2 aromatic carbocycles. The van der Waals surface area contributed by atoms with Gasteiger partial charge in [-0.15, -0.1) is 0 Å². The van der Waals surface area contributed by atoms with Crippen molar-refractivity contribution in [2.24, 2.45) is 7.05 Å². The summed E-state index contributed by atoms with van der Waals surface area (Å²) in [5, 5.41) is 9.42. The van der Waals surface area contributed by atoms with Crippen LogP contribution in [0.15, 0.2) is 67.1 Å². The van der Waals surface area contributed by atoms with Crippen molar-refractivity contribution < 1.29 is 9.53 Å². The molecule has 2 aromatic heterocycles. The maximum Gasteiger partial charge on any atom is 0.220 e. The molecular formula is C24H24N4O2. The highest BCUT2D eigenvalue weighted by Gasteiger charge is 2.11. The number of fused-ring (bicyclic) bond motifs is 1. The van der Waals surface area contributed by atoms with E-state index in [2.05, 4.69) is 27.5 Å². The maximum atomic E-state index is 12.4. The lowest BCUT2D eigenvalue weighted by Crippen LogP contribution is -2.23. The van der Waals surface area contributed by atoms with Gasteiger partial charge in [0.1, 0.15) is 5.75 Å². The molecule has 1 N–H and O–H groups in total. The number of aromatic nitrogens is 3. The molecule has 4 aromatic rings. The van der Waals surface area contributed by atoms with E-state index in [1.165, 1.54) is 0 Å². The molecule has 0 aliphatic rings. The number of nitrogens with one attached hydrogen (secondary N) is 1. The number of amides is 1. The SMILES string of the molecule is COc1ccc2ccccc2c1CCC(=O)NCc1ccc(-c2cnn(C)c2)nc1. The van der Waals surface area contributed by atoms with Crippen LogP contribution < -0.4 is 10.1 Å². The number of methoxy groups -OCH3 is 1. The first-order valence-electron chi connectivity index (χ1n) is 9.89. The molecule has 4 rings (SSSR count). The van der Waals surface area contributed by atoms with Gasteiger partial charge < -0.3 is 10.1 Å². The molecule has 6 nitrogen and oxygen atoms in total. The number of carbonyl (C=O) groups excluding carboxylic acids is 1. The van der Waals surface area contributed by atoms with E-state index in [4.69, 9.17) is 4.74 Å². The van der Waals surface area contributed by atoms with Gasteiger partial charge in [-0.3, -0.25) is 14.5 Å². The molecule has 6 heteroatoms. The lowest BCUT2D eigenvalue weighted by molar-refractivity contribution is -0.121. The van der Waals surface area contributed by atoms with E-state index in [1.54, 1.807) is 24.2 Å². The summed E-state index contributed by atoms with van der Waals surface area (Å²) in [7, 11) is 3.54. The van der Waals surface area contributed by atoms with Crippen molar-refractivity contribution in [2.45, 2.75) is 19.4 Å². The first-order valence-corrected chi connectivity index (χ1v) is 9.89. The van der Waals surface area contributed by atoms with Crippen molar-refractivity contribution in [2.75, 3.05) is 7.11 Å². The van der Waals surface area contributed by atoms with Gasteiger partial charge in [0, 0.05) is 43.5 Å². The minimum atomic E-state index is 0.00123. The number of pyridine rings is 1. The Hall–Kier alpha value is -3.67. The molecule has 0 fully saturated rings. The quantitative estimate of drug-likeness (QED) is 0.511. The van der Waals surface area contributed by atoms with Crippen LogP contribution in [-0.2, 0) is 24.8 Å². The highest BCUT2D eigenvalue weighted by molar-refractivity contribution is 5.88. The Morgan fingerprint density at radius 1 is 1.10 bits per heavy atom. The van der Waals surface area contributed by atoms with Crippen LogP contribution in [0.2, 0.25) is 0 Å². The fourth-order valence-electron chi connectivity index (χ4n) is 3.55. The molecule has 0 radical (unpaired) electrons. The molecule has 1 amide bonds. The van der Waals surface area contributed by atoms with Crippen molar-refractivity contribution in [3.8, 4) is 17.0 Å². The van der Waals surface area contributed by atoms with Crippen molar-refractivity contribution in [1.82, 2.24) is 20.1 Å². The summed E-state index contributed by atoms with van der Waals surface area (Å²) in [5.74, 6) is 0.818. The molecule has 2 heterocycles. The van der Waals surface area contributed by atoms with Gasteiger partial charge in [-0.2, -0.15) is 5.10 Å². The van der Waals surface area contributed by atoms with E-state index >= 15 is 0 Å². The van der Waals surface area contributed by atoms with Crippen LogP contribution in [0.25, 0.3) is 22.0 Å². The summed E-state index contributed by atoms with van der Waals surface area (Å²) in [6, 6.07) is 16.1. The fourth-order valence-corrected chi connectivity index (χ4v) is 3.55.